The van der Waals surface area contributed by atoms with E-state index in [1.165, 1.54) is 57.8 Å². The fourth-order valence-electron chi connectivity index (χ4n) is 2.72. The summed E-state index contributed by atoms with van der Waals surface area (Å²) in [4.78, 5) is 0. The number of hydrogen-bond acceptors (Lipinski definition) is 1. The fourth-order valence-corrected chi connectivity index (χ4v) is 10.4. The fraction of sp³-hybridized carbons (Fsp3) is 0.765. The predicted molar refractivity (Wildman–Crippen MR) is 91.0 cm³/mol. The quantitative estimate of drug-likeness (QED) is 0.422. The van der Waals surface area contributed by atoms with Crippen molar-refractivity contribution in [2.24, 2.45) is 0 Å². The summed E-state index contributed by atoms with van der Waals surface area (Å²) in [7, 11) is 0. The first-order valence-corrected chi connectivity index (χ1v) is 11.8. The second kappa shape index (κ2) is 10.3. The van der Waals surface area contributed by atoms with E-state index in [9.17, 15) is 0 Å². The molecule has 1 aromatic rings. The Morgan fingerprint density at radius 2 is 1.47 bits per heavy atom. The van der Waals surface area contributed by atoms with Gasteiger partial charge in [0.2, 0.25) is 0 Å². The molecule has 0 bridgehead atoms. The van der Waals surface area contributed by atoms with Crippen LogP contribution in [0, 0.1) is 0 Å². The molecule has 0 aliphatic carbocycles. The Morgan fingerprint density at radius 1 is 0.947 bits per heavy atom. The van der Waals surface area contributed by atoms with Crippen LogP contribution in [0.1, 0.15) is 78.6 Å². The van der Waals surface area contributed by atoms with Crippen molar-refractivity contribution in [3.05, 3.63) is 17.5 Å². The van der Waals surface area contributed by atoms with Gasteiger partial charge in [-0.2, -0.15) is 0 Å². The first-order valence-electron chi connectivity index (χ1n) is 8.08. The van der Waals surface area contributed by atoms with Crippen molar-refractivity contribution < 1.29 is 0 Å². The van der Waals surface area contributed by atoms with Crippen molar-refractivity contribution in [1.82, 2.24) is 0 Å². The van der Waals surface area contributed by atoms with Crippen LogP contribution in [0.3, 0.4) is 0 Å². The van der Waals surface area contributed by atoms with Gasteiger partial charge in [-0.05, 0) is 0 Å². The van der Waals surface area contributed by atoms with Crippen LogP contribution in [0.15, 0.2) is 17.5 Å². The molecule has 0 saturated carbocycles. The van der Waals surface area contributed by atoms with Gasteiger partial charge in [0.1, 0.15) is 0 Å². The number of unbranched alkanes of at least 4 members (excludes halogenated alkanes) is 3. The summed E-state index contributed by atoms with van der Waals surface area (Å²) in [5.41, 5.74) is 0. The van der Waals surface area contributed by atoms with Gasteiger partial charge in [0.15, 0.2) is 0 Å². The van der Waals surface area contributed by atoms with Gasteiger partial charge in [-0.15, -0.1) is 0 Å². The van der Waals surface area contributed by atoms with Crippen LogP contribution in [0.4, 0.5) is 0 Å². The van der Waals surface area contributed by atoms with Crippen molar-refractivity contribution in [3.63, 3.8) is 0 Å². The van der Waals surface area contributed by atoms with Crippen molar-refractivity contribution in [2.45, 2.75) is 82.0 Å². The molecule has 0 atom stereocenters. The molecule has 1 heterocycles. The predicted octanol–water partition coefficient (Wildman–Crippen LogP) is 5.81. The first kappa shape index (κ1) is 17.5. The third-order valence-electron chi connectivity index (χ3n) is 3.94. The molecule has 0 spiro atoms. The average molecular weight is 385 g/mol. The van der Waals surface area contributed by atoms with Gasteiger partial charge in [0.25, 0.3) is 0 Å². The Balaban J connectivity index is 2.74. The zero-order valence-electron chi connectivity index (χ0n) is 13.0. The van der Waals surface area contributed by atoms with Gasteiger partial charge in [-0.1, -0.05) is 0 Å². The molecule has 19 heavy (non-hydrogen) atoms. The van der Waals surface area contributed by atoms with E-state index in [1.54, 1.807) is 2.89 Å². The molecule has 0 saturated heterocycles. The van der Waals surface area contributed by atoms with E-state index in [0.717, 1.165) is 3.43 Å². The summed E-state index contributed by atoms with van der Waals surface area (Å²) in [5.74, 6) is 0. The third kappa shape index (κ3) is 6.66. The average Bonchev–Trinajstić information content (AvgIpc) is 2.93. The maximum absolute atomic E-state index is 2.41. The van der Waals surface area contributed by atoms with Crippen molar-refractivity contribution in [3.8, 4) is 0 Å². The molecule has 0 unspecified atom stereocenters. The molecule has 108 valence electrons. The number of rotatable bonds is 11. The van der Waals surface area contributed by atoms with Gasteiger partial charge in [-0.25, -0.2) is 0 Å². The molecule has 2 radical (unpaired) electrons. The van der Waals surface area contributed by atoms with Crippen molar-refractivity contribution in [2.75, 3.05) is 0 Å². The maximum atomic E-state index is 2.41. The Labute approximate surface area is 134 Å². The summed E-state index contributed by atoms with van der Waals surface area (Å²) in [6, 6.07) is 4.67. The number of thiophene rings is 1. The van der Waals surface area contributed by atoms with E-state index in [-0.39, 0.29) is 0 Å². The molecule has 2 heteroatoms. The van der Waals surface area contributed by atoms with Crippen LogP contribution in [0.2, 0.25) is 3.43 Å². The zero-order valence-corrected chi connectivity index (χ0v) is 16.7. The molecule has 1 aromatic heterocycles. The second-order valence-electron chi connectivity index (χ2n) is 5.69. The Bertz CT molecular complexity index is 283. The summed E-state index contributed by atoms with van der Waals surface area (Å²) in [5, 5.41) is 2.28. The Kier molecular flexibility index (Phi) is 9.48. The normalized spacial score (nSPS) is 11.9. The molecular weight excluding hydrogens is 355 g/mol. The summed E-state index contributed by atoms with van der Waals surface area (Å²) < 4.78 is 2.53. The van der Waals surface area contributed by atoms with Gasteiger partial charge >= 0.3 is 135 Å². The number of hydrogen-bond donors (Lipinski definition) is 0. The molecule has 0 nitrogen and oxygen atoms in total. The van der Waals surface area contributed by atoms with Gasteiger partial charge in [0.05, 0.1) is 0 Å². The standard InChI is InChI=1S/C13H27.C4H3S.Sn/c1-4-7-10-13(11-8-5-2)12-9-6-3;1-2-4-5-3-1;/h4-12H2,1-3H3;1-3H;. The van der Waals surface area contributed by atoms with E-state index < -0.39 is 21.1 Å². The summed E-state index contributed by atoms with van der Waals surface area (Å²) in [6.07, 6.45) is 12.9. The van der Waals surface area contributed by atoms with Gasteiger partial charge < -0.3 is 0 Å². The molecule has 0 amide bonds. The monoisotopic (exact) mass is 386 g/mol. The Hall–Kier alpha value is 0.499. The second-order valence-corrected chi connectivity index (χ2v) is 13.0. The third-order valence-corrected chi connectivity index (χ3v) is 11.1. The molecule has 0 aliphatic rings. The van der Waals surface area contributed by atoms with Gasteiger partial charge in [0, 0.05) is 0 Å². The van der Waals surface area contributed by atoms with E-state index in [4.69, 9.17) is 0 Å². The minimum absolute atomic E-state index is 0.424. The topological polar surface area (TPSA) is 0 Å². The van der Waals surface area contributed by atoms with Crippen molar-refractivity contribution >= 4 is 35.4 Å². The van der Waals surface area contributed by atoms with E-state index in [2.05, 4.69) is 38.3 Å². The molecular formula is C17H30SSn. The van der Waals surface area contributed by atoms with E-state index in [0.29, 0.717) is 0 Å². The van der Waals surface area contributed by atoms with Gasteiger partial charge in [-0.3, -0.25) is 0 Å². The first-order chi connectivity index (χ1) is 9.26. The SMILES string of the molecule is CCCC[C](CCCC)(CCCC)[Sn][c]1cccs1. The summed E-state index contributed by atoms with van der Waals surface area (Å²) in [6.45, 7) is 7.04. The summed E-state index contributed by atoms with van der Waals surface area (Å²) >= 11 is 1.60. The van der Waals surface area contributed by atoms with Crippen LogP contribution < -0.4 is 2.89 Å². The molecule has 0 N–H and O–H groups in total. The van der Waals surface area contributed by atoms with Crippen LogP contribution in [-0.2, 0) is 0 Å². The Morgan fingerprint density at radius 3 is 1.84 bits per heavy atom. The van der Waals surface area contributed by atoms with Crippen molar-refractivity contribution in [1.29, 1.82) is 0 Å². The van der Waals surface area contributed by atoms with Crippen LogP contribution in [0.5, 0.6) is 0 Å². The minimum atomic E-state index is -0.424. The molecule has 0 aromatic carbocycles. The van der Waals surface area contributed by atoms with Crippen LogP contribution in [-0.4, -0.2) is 21.1 Å². The van der Waals surface area contributed by atoms with E-state index >= 15 is 0 Å². The van der Waals surface area contributed by atoms with Crippen LogP contribution in [0.25, 0.3) is 0 Å². The van der Waals surface area contributed by atoms with Crippen LogP contribution >= 0.6 is 11.3 Å². The molecule has 0 fully saturated rings. The van der Waals surface area contributed by atoms with E-state index in [1.807, 2.05) is 11.3 Å². The zero-order chi connectivity index (χ0) is 14.0. The molecule has 0 aliphatic heterocycles. The molecule has 1 rings (SSSR count).